The summed E-state index contributed by atoms with van der Waals surface area (Å²) in [5.74, 6) is 0.853. The predicted octanol–water partition coefficient (Wildman–Crippen LogP) is 5.11. The number of hydrogen-bond donors (Lipinski definition) is 0. The molecular formula is C25H28N2O5S2. The molecule has 1 heterocycles. The zero-order valence-corrected chi connectivity index (χ0v) is 20.9. The van der Waals surface area contributed by atoms with Crippen molar-refractivity contribution in [2.45, 2.75) is 31.1 Å². The van der Waals surface area contributed by atoms with Crippen LogP contribution < -0.4 is 9.47 Å². The van der Waals surface area contributed by atoms with E-state index in [-0.39, 0.29) is 22.5 Å². The average Bonchev–Trinajstić information content (AvgIpc) is 3.11. The van der Waals surface area contributed by atoms with Gasteiger partial charge in [0.1, 0.15) is 0 Å². The number of methoxy groups -OCH3 is 1. The fraction of sp³-hybridized carbons (Fsp3) is 0.280. The van der Waals surface area contributed by atoms with E-state index >= 15 is 0 Å². The normalized spacial score (nSPS) is 16.3. The van der Waals surface area contributed by atoms with E-state index in [1.165, 1.54) is 23.1 Å². The minimum Gasteiger partial charge on any atom is -0.493 e. The quantitative estimate of drug-likeness (QED) is 0.242. The molecule has 9 heteroatoms. The molecule has 1 saturated heterocycles. The van der Waals surface area contributed by atoms with Crippen molar-refractivity contribution in [3.05, 3.63) is 71.7 Å². The summed E-state index contributed by atoms with van der Waals surface area (Å²) in [6.07, 6.45) is 6.38. The van der Waals surface area contributed by atoms with Crippen LogP contribution in [0.25, 0.3) is 6.08 Å². The van der Waals surface area contributed by atoms with Crippen molar-refractivity contribution >= 4 is 38.9 Å². The number of thioether (sulfide) groups is 1. The van der Waals surface area contributed by atoms with Gasteiger partial charge in [0.15, 0.2) is 16.7 Å². The first-order valence-electron chi connectivity index (χ1n) is 10.9. The van der Waals surface area contributed by atoms with E-state index in [0.717, 1.165) is 36.6 Å². The summed E-state index contributed by atoms with van der Waals surface area (Å²) in [6, 6.07) is 13.3. The fourth-order valence-electron chi connectivity index (χ4n) is 3.19. The van der Waals surface area contributed by atoms with Gasteiger partial charge in [-0.15, -0.1) is 11.0 Å². The topological polar surface area (TPSA) is 85.3 Å². The van der Waals surface area contributed by atoms with Crippen LogP contribution in [0, 0.1) is 0 Å². The third-order valence-corrected chi connectivity index (χ3v) is 7.33. The molecule has 1 aliphatic heterocycles. The van der Waals surface area contributed by atoms with Crippen LogP contribution in [0.15, 0.2) is 75.4 Å². The number of amidine groups is 1. The number of ether oxygens (including phenoxy) is 2. The SMILES string of the molecule is C=CCN1C(=O)/C(=C/c2ccc(OCCCCC)c(OC)c2)SC1=NS(=O)(=O)c1ccccc1. The van der Waals surface area contributed by atoms with Crippen LogP contribution in [-0.4, -0.2) is 44.7 Å². The summed E-state index contributed by atoms with van der Waals surface area (Å²) in [5.41, 5.74) is 0.722. The lowest BCUT2D eigenvalue weighted by Crippen LogP contribution is -2.29. The highest BCUT2D eigenvalue weighted by Crippen LogP contribution is 2.35. The largest absolute Gasteiger partial charge is 0.493 e. The Morgan fingerprint density at radius 3 is 2.56 bits per heavy atom. The van der Waals surface area contributed by atoms with E-state index in [1.54, 1.807) is 43.5 Å². The lowest BCUT2D eigenvalue weighted by Gasteiger charge is -2.12. The van der Waals surface area contributed by atoms with E-state index in [4.69, 9.17) is 9.47 Å². The molecule has 2 aromatic carbocycles. The molecule has 2 aromatic rings. The maximum absolute atomic E-state index is 13.0. The Labute approximate surface area is 205 Å². The fourth-order valence-corrected chi connectivity index (χ4v) is 5.40. The number of carbonyl (C=O) groups excluding carboxylic acids is 1. The van der Waals surface area contributed by atoms with Crippen molar-refractivity contribution in [1.82, 2.24) is 4.90 Å². The van der Waals surface area contributed by atoms with Crippen LogP contribution in [0.1, 0.15) is 31.7 Å². The maximum Gasteiger partial charge on any atom is 0.284 e. The molecule has 180 valence electrons. The van der Waals surface area contributed by atoms with Gasteiger partial charge in [-0.2, -0.15) is 8.42 Å². The number of nitrogens with zero attached hydrogens (tertiary/aromatic N) is 2. The summed E-state index contributed by atoms with van der Waals surface area (Å²) < 4.78 is 40.7. The summed E-state index contributed by atoms with van der Waals surface area (Å²) in [6.45, 7) is 6.54. The third kappa shape index (κ3) is 6.30. The Hall–Kier alpha value is -3.04. The highest BCUT2D eigenvalue weighted by molar-refractivity contribution is 8.19. The van der Waals surface area contributed by atoms with Gasteiger partial charge in [0, 0.05) is 6.54 Å². The molecular weight excluding hydrogens is 472 g/mol. The van der Waals surface area contributed by atoms with Gasteiger partial charge in [-0.1, -0.05) is 50.1 Å². The summed E-state index contributed by atoms with van der Waals surface area (Å²) in [4.78, 5) is 14.7. The zero-order chi connectivity index (χ0) is 24.6. The van der Waals surface area contributed by atoms with E-state index in [1.807, 2.05) is 6.07 Å². The Bertz CT molecular complexity index is 1190. The molecule has 3 rings (SSSR count). The summed E-state index contributed by atoms with van der Waals surface area (Å²) >= 11 is 1.01. The second kappa shape index (κ2) is 11.9. The third-order valence-electron chi connectivity index (χ3n) is 4.93. The lowest BCUT2D eigenvalue weighted by atomic mass is 10.2. The maximum atomic E-state index is 13.0. The van der Waals surface area contributed by atoms with Crippen molar-refractivity contribution in [1.29, 1.82) is 0 Å². The molecule has 1 fully saturated rings. The molecule has 0 radical (unpaired) electrons. The van der Waals surface area contributed by atoms with E-state index < -0.39 is 10.0 Å². The van der Waals surface area contributed by atoms with Crippen LogP contribution in [0.2, 0.25) is 0 Å². The highest BCUT2D eigenvalue weighted by Gasteiger charge is 2.34. The summed E-state index contributed by atoms with van der Waals surface area (Å²) in [7, 11) is -2.41. The Morgan fingerprint density at radius 2 is 1.88 bits per heavy atom. The monoisotopic (exact) mass is 500 g/mol. The molecule has 0 atom stereocenters. The molecule has 0 bridgehead atoms. The minimum atomic E-state index is -3.97. The van der Waals surface area contributed by atoms with E-state index in [0.29, 0.717) is 23.0 Å². The molecule has 0 spiro atoms. The molecule has 0 N–H and O–H groups in total. The van der Waals surface area contributed by atoms with Crippen LogP contribution in [-0.2, 0) is 14.8 Å². The summed E-state index contributed by atoms with van der Waals surface area (Å²) in [5, 5.41) is 0.0860. The van der Waals surface area contributed by atoms with Crippen molar-refractivity contribution in [3.63, 3.8) is 0 Å². The van der Waals surface area contributed by atoms with Crippen LogP contribution in [0.4, 0.5) is 0 Å². The second-order valence-corrected chi connectivity index (χ2v) is 10.1. The predicted molar refractivity (Wildman–Crippen MR) is 137 cm³/mol. The van der Waals surface area contributed by atoms with E-state index in [9.17, 15) is 13.2 Å². The molecule has 34 heavy (non-hydrogen) atoms. The van der Waals surface area contributed by atoms with Gasteiger partial charge in [-0.05, 0) is 54.1 Å². The molecule has 0 aromatic heterocycles. The molecule has 0 aliphatic carbocycles. The first-order chi connectivity index (χ1) is 16.4. The van der Waals surface area contributed by atoms with Crippen LogP contribution >= 0.6 is 11.8 Å². The minimum absolute atomic E-state index is 0.0609. The molecule has 0 saturated carbocycles. The smallest absolute Gasteiger partial charge is 0.284 e. The number of unbranched alkanes of at least 4 members (excludes halogenated alkanes) is 2. The Kier molecular flexibility index (Phi) is 8.95. The van der Waals surface area contributed by atoms with Gasteiger partial charge in [0.2, 0.25) is 0 Å². The van der Waals surface area contributed by atoms with Gasteiger partial charge in [-0.25, -0.2) is 0 Å². The standard InChI is InChI=1S/C25H28N2O5S2/c1-4-6-10-16-32-21-14-13-19(17-22(21)31-3)18-23-24(28)27(15-5-2)25(33-23)26-34(29,30)20-11-8-7-9-12-20/h5,7-9,11-14,17-18H,2,4,6,10,15-16H2,1,3H3/b23-18-,26-25?. The van der Waals surface area contributed by atoms with Gasteiger partial charge in [0.05, 0.1) is 23.5 Å². The number of benzene rings is 2. The van der Waals surface area contributed by atoms with Gasteiger partial charge >= 0.3 is 0 Å². The van der Waals surface area contributed by atoms with Crippen molar-refractivity contribution in [2.75, 3.05) is 20.3 Å². The zero-order valence-electron chi connectivity index (χ0n) is 19.3. The average molecular weight is 501 g/mol. The molecule has 7 nitrogen and oxygen atoms in total. The Morgan fingerprint density at radius 1 is 1.12 bits per heavy atom. The first kappa shape index (κ1) is 25.6. The van der Waals surface area contributed by atoms with Gasteiger partial charge < -0.3 is 9.47 Å². The number of hydrogen-bond acceptors (Lipinski definition) is 6. The number of rotatable bonds is 11. The van der Waals surface area contributed by atoms with Crippen LogP contribution in [0.3, 0.4) is 0 Å². The molecule has 1 aliphatic rings. The number of amides is 1. The van der Waals surface area contributed by atoms with Crippen molar-refractivity contribution in [2.24, 2.45) is 4.40 Å². The van der Waals surface area contributed by atoms with Gasteiger partial charge in [0.25, 0.3) is 15.9 Å². The number of carbonyl (C=O) groups is 1. The van der Waals surface area contributed by atoms with Crippen LogP contribution in [0.5, 0.6) is 11.5 Å². The second-order valence-electron chi connectivity index (χ2n) is 7.44. The lowest BCUT2D eigenvalue weighted by molar-refractivity contribution is -0.121. The first-order valence-corrected chi connectivity index (χ1v) is 13.2. The molecule has 0 unspecified atom stereocenters. The highest BCUT2D eigenvalue weighted by atomic mass is 32.2. The Balaban J connectivity index is 1.88. The van der Waals surface area contributed by atoms with Crippen molar-refractivity contribution < 1.29 is 22.7 Å². The number of sulfonamides is 1. The van der Waals surface area contributed by atoms with Gasteiger partial charge in [-0.3, -0.25) is 9.69 Å². The molecule has 1 amide bonds. The van der Waals surface area contributed by atoms with E-state index in [2.05, 4.69) is 17.9 Å². The van der Waals surface area contributed by atoms with Crippen molar-refractivity contribution in [3.8, 4) is 11.5 Å².